The number of hydrogen-bond donors (Lipinski definition) is 3. The number of rotatable bonds is 4. The molecule has 2 aromatic carbocycles. The zero-order valence-corrected chi connectivity index (χ0v) is 13.9. The number of carbonyl (C=O) groups excluding carboxylic acids is 1. The van der Waals surface area contributed by atoms with Crippen LogP contribution in [0.5, 0.6) is 0 Å². The van der Waals surface area contributed by atoms with Crippen LogP contribution in [0.3, 0.4) is 0 Å². The van der Waals surface area contributed by atoms with Gasteiger partial charge in [0.25, 0.3) is 0 Å². The Kier molecular flexibility index (Phi) is 3.66. The first-order valence-corrected chi connectivity index (χ1v) is 8.62. The molecule has 4 N–H and O–H groups in total. The molecule has 4 rings (SSSR count). The van der Waals surface area contributed by atoms with Crippen molar-refractivity contribution < 1.29 is 4.79 Å². The number of nitrogens with two attached hydrogens (primary N) is 1. The van der Waals surface area contributed by atoms with Crippen molar-refractivity contribution in [3.63, 3.8) is 0 Å². The molecule has 2 aliphatic heterocycles. The van der Waals surface area contributed by atoms with Crippen LogP contribution in [0.25, 0.3) is 0 Å². The SMILES string of the molecule is CC12NC(Cc3cc(NC(=O)CCCN)ccc31)c1ccccc12. The Balaban J connectivity index is 1.65. The summed E-state index contributed by atoms with van der Waals surface area (Å²) in [6, 6.07) is 15.3. The minimum Gasteiger partial charge on any atom is -0.330 e. The van der Waals surface area contributed by atoms with Gasteiger partial charge in [-0.15, -0.1) is 0 Å². The Hall–Kier alpha value is -2.17. The third kappa shape index (κ3) is 2.34. The number of carbonyl (C=O) groups is 1. The Morgan fingerprint density at radius 1 is 1.29 bits per heavy atom. The summed E-state index contributed by atoms with van der Waals surface area (Å²) >= 11 is 0. The number of nitrogens with one attached hydrogen (secondary N) is 2. The highest BCUT2D eigenvalue weighted by Crippen LogP contribution is 2.48. The van der Waals surface area contributed by atoms with Gasteiger partial charge in [-0.3, -0.25) is 10.1 Å². The molecule has 2 atom stereocenters. The predicted molar refractivity (Wildman–Crippen MR) is 95.8 cm³/mol. The van der Waals surface area contributed by atoms with E-state index in [2.05, 4.69) is 54.0 Å². The van der Waals surface area contributed by atoms with E-state index in [4.69, 9.17) is 5.73 Å². The first-order chi connectivity index (χ1) is 11.6. The van der Waals surface area contributed by atoms with E-state index in [0.717, 1.165) is 18.5 Å². The van der Waals surface area contributed by atoms with E-state index in [9.17, 15) is 4.79 Å². The lowest BCUT2D eigenvalue weighted by Gasteiger charge is -2.35. The van der Waals surface area contributed by atoms with Crippen LogP contribution >= 0.6 is 0 Å². The van der Waals surface area contributed by atoms with Crippen LogP contribution in [0.15, 0.2) is 42.5 Å². The maximum atomic E-state index is 11.9. The fourth-order valence-corrected chi connectivity index (χ4v) is 4.18. The van der Waals surface area contributed by atoms with E-state index in [1.165, 1.54) is 22.3 Å². The maximum absolute atomic E-state index is 11.9. The summed E-state index contributed by atoms with van der Waals surface area (Å²) in [5, 5.41) is 6.77. The third-order valence-electron chi connectivity index (χ3n) is 5.30. The van der Waals surface area contributed by atoms with Crippen LogP contribution in [0.4, 0.5) is 5.69 Å². The average molecular weight is 321 g/mol. The summed E-state index contributed by atoms with van der Waals surface area (Å²) in [5.74, 6) is 0.0341. The van der Waals surface area contributed by atoms with Crippen LogP contribution in [-0.4, -0.2) is 12.5 Å². The summed E-state index contributed by atoms with van der Waals surface area (Å²) in [4.78, 5) is 11.9. The van der Waals surface area contributed by atoms with Crippen molar-refractivity contribution in [2.45, 2.75) is 37.8 Å². The molecule has 0 aliphatic carbocycles. The van der Waals surface area contributed by atoms with Crippen molar-refractivity contribution in [3.05, 3.63) is 64.7 Å². The smallest absolute Gasteiger partial charge is 0.224 e. The molecule has 0 fully saturated rings. The zero-order chi connectivity index (χ0) is 16.7. The molecule has 2 aliphatic rings. The molecule has 0 saturated heterocycles. The Morgan fingerprint density at radius 3 is 2.96 bits per heavy atom. The molecule has 0 saturated carbocycles. The summed E-state index contributed by atoms with van der Waals surface area (Å²) in [6.07, 6.45) is 2.14. The molecular weight excluding hydrogens is 298 g/mol. The number of benzene rings is 2. The molecular formula is C20H23N3O. The monoisotopic (exact) mass is 321 g/mol. The molecule has 124 valence electrons. The van der Waals surface area contributed by atoms with E-state index in [1.807, 2.05) is 6.07 Å². The summed E-state index contributed by atoms with van der Waals surface area (Å²) in [5.41, 5.74) is 11.6. The van der Waals surface area contributed by atoms with Gasteiger partial charge in [-0.25, -0.2) is 0 Å². The van der Waals surface area contributed by atoms with Crippen molar-refractivity contribution in [1.82, 2.24) is 5.32 Å². The van der Waals surface area contributed by atoms with Gasteiger partial charge in [-0.05, 0) is 60.7 Å². The molecule has 4 heteroatoms. The normalized spacial score (nSPS) is 23.5. The van der Waals surface area contributed by atoms with E-state index >= 15 is 0 Å². The second-order valence-electron chi connectivity index (χ2n) is 6.93. The van der Waals surface area contributed by atoms with Gasteiger partial charge >= 0.3 is 0 Å². The summed E-state index contributed by atoms with van der Waals surface area (Å²) in [6.45, 7) is 2.80. The van der Waals surface area contributed by atoms with Gasteiger partial charge in [-0.1, -0.05) is 30.3 Å². The predicted octanol–water partition coefficient (Wildman–Crippen LogP) is 2.83. The standard InChI is InChI=1S/C20H23N3O/c1-20-16-9-8-14(22-19(24)7-4-10-21)11-13(16)12-18(23-20)15-5-2-3-6-17(15)20/h2-3,5-6,8-9,11,18,23H,4,7,10,12,21H2,1H3,(H,22,24). The highest BCUT2D eigenvalue weighted by Gasteiger charge is 2.45. The third-order valence-corrected chi connectivity index (χ3v) is 5.30. The Bertz CT molecular complexity index is 801. The molecule has 24 heavy (non-hydrogen) atoms. The second kappa shape index (κ2) is 5.72. The lowest BCUT2D eigenvalue weighted by Crippen LogP contribution is -2.41. The van der Waals surface area contributed by atoms with E-state index < -0.39 is 0 Å². The van der Waals surface area contributed by atoms with Crippen LogP contribution in [-0.2, 0) is 16.8 Å². The van der Waals surface area contributed by atoms with Crippen molar-refractivity contribution >= 4 is 11.6 Å². The molecule has 0 spiro atoms. The van der Waals surface area contributed by atoms with Crippen molar-refractivity contribution in [3.8, 4) is 0 Å². The number of anilines is 1. The summed E-state index contributed by atoms with van der Waals surface area (Å²) in [7, 11) is 0. The van der Waals surface area contributed by atoms with Crippen LogP contribution in [0.1, 0.15) is 48.1 Å². The van der Waals surface area contributed by atoms with Gasteiger partial charge in [0.15, 0.2) is 0 Å². The van der Waals surface area contributed by atoms with Crippen LogP contribution in [0, 0.1) is 0 Å². The number of fused-ring (bicyclic) bond motifs is 7. The van der Waals surface area contributed by atoms with Gasteiger partial charge in [-0.2, -0.15) is 0 Å². The highest BCUT2D eigenvalue weighted by molar-refractivity contribution is 5.90. The molecule has 2 bridgehead atoms. The van der Waals surface area contributed by atoms with E-state index in [1.54, 1.807) is 0 Å². The molecule has 0 aromatic heterocycles. The van der Waals surface area contributed by atoms with Crippen molar-refractivity contribution in [2.24, 2.45) is 5.73 Å². The van der Waals surface area contributed by atoms with Crippen molar-refractivity contribution in [1.29, 1.82) is 0 Å². The lowest BCUT2D eigenvalue weighted by molar-refractivity contribution is -0.116. The van der Waals surface area contributed by atoms with Gasteiger partial charge in [0.05, 0.1) is 5.54 Å². The quantitative estimate of drug-likeness (QED) is 0.811. The number of hydrogen-bond acceptors (Lipinski definition) is 3. The lowest BCUT2D eigenvalue weighted by atomic mass is 9.82. The highest BCUT2D eigenvalue weighted by atomic mass is 16.1. The Morgan fingerprint density at radius 2 is 2.12 bits per heavy atom. The minimum atomic E-state index is -0.142. The second-order valence-corrected chi connectivity index (χ2v) is 6.93. The maximum Gasteiger partial charge on any atom is 0.224 e. The molecule has 2 aromatic rings. The van der Waals surface area contributed by atoms with Gasteiger partial charge in [0, 0.05) is 18.2 Å². The first-order valence-electron chi connectivity index (χ1n) is 8.62. The Labute approximate surface area is 142 Å². The molecule has 2 unspecified atom stereocenters. The largest absolute Gasteiger partial charge is 0.330 e. The molecule has 1 amide bonds. The minimum absolute atomic E-state index is 0.0341. The van der Waals surface area contributed by atoms with Crippen LogP contribution in [0.2, 0.25) is 0 Å². The number of amides is 1. The molecule has 0 radical (unpaired) electrons. The van der Waals surface area contributed by atoms with Gasteiger partial charge < -0.3 is 11.1 Å². The average Bonchev–Trinajstić information content (AvgIpc) is 2.82. The van der Waals surface area contributed by atoms with E-state index in [-0.39, 0.29) is 11.4 Å². The molecule has 4 nitrogen and oxygen atoms in total. The fourth-order valence-electron chi connectivity index (χ4n) is 4.18. The van der Waals surface area contributed by atoms with Gasteiger partial charge in [0.1, 0.15) is 0 Å². The fraction of sp³-hybridized carbons (Fsp3) is 0.350. The zero-order valence-electron chi connectivity index (χ0n) is 13.9. The van der Waals surface area contributed by atoms with E-state index in [0.29, 0.717) is 19.0 Å². The van der Waals surface area contributed by atoms with Gasteiger partial charge in [0.2, 0.25) is 5.91 Å². The van der Waals surface area contributed by atoms with Crippen molar-refractivity contribution in [2.75, 3.05) is 11.9 Å². The first kappa shape index (κ1) is 15.4. The summed E-state index contributed by atoms with van der Waals surface area (Å²) < 4.78 is 0. The van der Waals surface area contributed by atoms with Crippen LogP contribution < -0.4 is 16.4 Å². The topological polar surface area (TPSA) is 67.1 Å². The molecule has 2 heterocycles.